The molecule has 150 valence electrons. The molecule has 1 aliphatic rings. The molecule has 0 saturated carbocycles. The van der Waals surface area contributed by atoms with Crippen molar-refractivity contribution in [2.45, 2.75) is 33.2 Å². The van der Waals surface area contributed by atoms with Gasteiger partial charge in [0.25, 0.3) is 5.69 Å². The van der Waals surface area contributed by atoms with Crippen LogP contribution >= 0.6 is 0 Å². The van der Waals surface area contributed by atoms with Crippen LogP contribution in [-0.4, -0.2) is 61.0 Å². The van der Waals surface area contributed by atoms with E-state index in [1.807, 2.05) is 18.7 Å². The maximum Gasteiger partial charge on any atom is 0.277 e. The molecule has 0 aliphatic carbocycles. The van der Waals surface area contributed by atoms with Gasteiger partial charge in [-0.25, -0.2) is 0 Å². The smallest absolute Gasteiger partial charge is 0.277 e. The summed E-state index contributed by atoms with van der Waals surface area (Å²) >= 11 is 0. The second kappa shape index (κ2) is 9.55. The number of nitro benzene ring substituents is 1. The summed E-state index contributed by atoms with van der Waals surface area (Å²) < 4.78 is 10.5. The van der Waals surface area contributed by atoms with Crippen LogP contribution in [0, 0.1) is 16.0 Å². The van der Waals surface area contributed by atoms with E-state index in [9.17, 15) is 14.9 Å². The predicted molar refractivity (Wildman–Crippen MR) is 102 cm³/mol. The first-order chi connectivity index (χ1) is 12.9. The molecule has 0 radical (unpaired) electrons. The Bertz CT molecular complexity index is 676. The summed E-state index contributed by atoms with van der Waals surface area (Å²) in [7, 11) is 2.96. The van der Waals surface area contributed by atoms with E-state index in [1.54, 1.807) is 6.07 Å². The van der Waals surface area contributed by atoms with Crippen molar-refractivity contribution in [3.8, 4) is 11.5 Å². The fourth-order valence-electron chi connectivity index (χ4n) is 3.64. The first-order valence-electron chi connectivity index (χ1n) is 9.35. The van der Waals surface area contributed by atoms with E-state index in [4.69, 9.17) is 9.47 Å². The highest BCUT2D eigenvalue weighted by Crippen LogP contribution is 2.35. The Morgan fingerprint density at radius 2 is 1.89 bits per heavy atom. The summed E-state index contributed by atoms with van der Waals surface area (Å²) in [4.78, 5) is 27.7. The van der Waals surface area contributed by atoms with E-state index < -0.39 is 4.92 Å². The molecule has 0 unspecified atom stereocenters. The Labute approximate surface area is 160 Å². The van der Waals surface area contributed by atoms with Gasteiger partial charge in [-0.15, -0.1) is 0 Å². The summed E-state index contributed by atoms with van der Waals surface area (Å²) in [5.74, 6) is 0.913. The van der Waals surface area contributed by atoms with Gasteiger partial charge in [0.05, 0.1) is 31.1 Å². The number of nitro groups is 1. The van der Waals surface area contributed by atoms with Gasteiger partial charge < -0.3 is 14.4 Å². The van der Waals surface area contributed by atoms with Gasteiger partial charge in [-0.05, 0) is 39.3 Å². The first-order valence-corrected chi connectivity index (χ1v) is 9.35. The van der Waals surface area contributed by atoms with Crippen LogP contribution in [0.25, 0.3) is 0 Å². The van der Waals surface area contributed by atoms with Gasteiger partial charge in [-0.1, -0.05) is 0 Å². The molecule has 1 aliphatic heterocycles. The van der Waals surface area contributed by atoms with Crippen molar-refractivity contribution in [3.63, 3.8) is 0 Å². The molecule has 0 spiro atoms. The predicted octanol–water partition coefficient (Wildman–Crippen LogP) is 2.69. The van der Waals surface area contributed by atoms with Crippen LogP contribution in [-0.2, 0) is 11.3 Å². The summed E-state index contributed by atoms with van der Waals surface area (Å²) in [5, 5.41) is 11.5. The second-order valence-corrected chi connectivity index (χ2v) is 6.68. The van der Waals surface area contributed by atoms with E-state index in [2.05, 4.69) is 4.90 Å². The quantitative estimate of drug-likeness (QED) is 0.510. The SMILES string of the molecule is CCN(CC)C(=O)[C@H]1CCCN(Cc2cc(OC)c(OC)cc2[N+](=O)[O-])C1. The first kappa shape index (κ1) is 21.0. The normalized spacial score (nSPS) is 17.4. The molecule has 27 heavy (non-hydrogen) atoms. The lowest BCUT2D eigenvalue weighted by Crippen LogP contribution is -2.44. The number of likely N-dealkylation sites (tertiary alicyclic amines) is 1. The van der Waals surface area contributed by atoms with Crippen molar-refractivity contribution in [1.29, 1.82) is 0 Å². The highest BCUT2D eigenvalue weighted by atomic mass is 16.6. The zero-order valence-electron chi connectivity index (χ0n) is 16.6. The molecule has 8 nitrogen and oxygen atoms in total. The number of rotatable bonds is 8. The molecule has 1 heterocycles. The number of nitrogens with zero attached hydrogens (tertiary/aromatic N) is 3. The molecule has 1 fully saturated rings. The highest BCUT2D eigenvalue weighted by Gasteiger charge is 2.30. The molecule has 8 heteroatoms. The third kappa shape index (κ3) is 4.88. The number of hydrogen-bond acceptors (Lipinski definition) is 6. The average Bonchev–Trinajstić information content (AvgIpc) is 2.68. The van der Waals surface area contributed by atoms with Crippen molar-refractivity contribution in [2.75, 3.05) is 40.4 Å². The number of ether oxygens (including phenoxy) is 2. The van der Waals surface area contributed by atoms with Gasteiger partial charge in [-0.3, -0.25) is 19.8 Å². The molecule has 1 aromatic carbocycles. The van der Waals surface area contributed by atoms with E-state index in [0.29, 0.717) is 43.2 Å². The molecule has 0 N–H and O–H groups in total. The second-order valence-electron chi connectivity index (χ2n) is 6.68. The number of methoxy groups -OCH3 is 2. The van der Waals surface area contributed by atoms with Crippen molar-refractivity contribution in [2.24, 2.45) is 5.92 Å². The zero-order chi connectivity index (χ0) is 20.0. The van der Waals surface area contributed by atoms with Gasteiger partial charge in [0.1, 0.15) is 0 Å². The van der Waals surface area contributed by atoms with Gasteiger partial charge in [0.15, 0.2) is 11.5 Å². The van der Waals surface area contributed by atoms with Crippen LogP contribution < -0.4 is 9.47 Å². The van der Waals surface area contributed by atoms with Crippen LogP contribution in [0.2, 0.25) is 0 Å². The Kier molecular flexibility index (Phi) is 7.41. The number of carbonyl (C=O) groups excluding carboxylic acids is 1. The van der Waals surface area contributed by atoms with Crippen LogP contribution in [0.5, 0.6) is 11.5 Å². The lowest BCUT2D eigenvalue weighted by Gasteiger charge is -2.34. The van der Waals surface area contributed by atoms with Gasteiger partial charge in [-0.2, -0.15) is 0 Å². The van der Waals surface area contributed by atoms with Crippen LogP contribution in [0.4, 0.5) is 5.69 Å². The van der Waals surface area contributed by atoms with Crippen LogP contribution in [0.1, 0.15) is 32.3 Å². The molecule has 2 rings (SSSR count). The molecular weight excluding hydrogens is 350 g/mol. The molecule has 0 bridgehead atoms. The molecule has 1 amide bonds. The Hall–Kier alpha value is -2.35. The number of piperidine rings is 1. The number of carbonyl (C=O) groups is 1. The molecule has 0 aromatic heterocycles. The van der Waals surface area contributed by atoms with E-state index in [-0.39, 0.29) is 17.5 Å². The fourth-order valence-corrected chi connectivity index (χ4v) is 3.64. The number of amides is 1. The van der Waals surface area contributed by atoms with Gasteiger partial charge >= 0.3 is 0 Å². The van der Waals surface area contributed by atoms with Gasteiger partial charge in [0, 0.05) is 31.7 Å². The zero-order valence-corrected chi connectivity index (χ0v) is 16.6. The van der Waals surface area contributed by atoms with Crippen LogP contribution in [0.15, 0.2) is 12.1 Å². The highest BCUT2D eigenvalue weighted by molar-refractivity contribution is 5.79. The number of hydrogen-bond donors (Lipinski definition) is 0. The molecule has 1 atom stereocenters. The summed E-state index contributed by atoms with van der Waals surface area (Å²) in [6, 6.07) is 3.06. The number of benzene rings is 1. The summed E-state index contributed by atoms with van der Waals surface area (Å²) in [6.07, 6.45) is 1.76. The Morgan fingerprint density at radius 3 is 2.44 bits per heavy atom. The Morgan fingerprint density at radius 1 is 1.26 bits per heavy atom. The van der Waals surface area contributed by atoms with Crippen LogP contribution in [0.3, 0.4) is 0 Å². The van der Waals surface area contributed by atoms with Crippen molar-refractivity contribution >= 4 is 11.6 Å². The third-order valence-electron chi connectivity index (χ3n) is 5.11. The monoisotopic (exact) mass is 379 g/mol. The van der Waals surface area contributed by atoms with Crippen molar-refractivity contribution in [3.05, 3.63) is 27.8 Å². The summed E-state index contributed by atoms with van der Waals surface area (Å²) in [5.41, 5.74) is 0.568. The standard InChI is InChI=1S/C19H29N3O5/c1-5-21(6-2)19(23)14-8-7-9-20(12-14)13-15-10-17(26-3)18(27-4)11-16(15)22(24)25/h10-11,14H,5-9,12-13H2,1-4H3/t14-/m0/s1. The topological polar surface area (TPSA) is 85.2 Å². The minimum Gasteiger partial charge on any atom is -0.493 e. The average molecular weight is 379 g/mol. The maximum absolute atomic E-state index is 12.7. The van der Waals surface area contributed by atoms with Crippen molar-refractivity contribution in [1.82, 2.24) is 9.80 Å². The van der Waals surface area contributed by atoms with E-state index >= 15 is 0 Å². The largest absolute Gasteiger partial charge is 0.493 e. The minimum absolute atomic E-state index is 0.00448. The summed E-state index contributed by atoms with van der Waals surface area (Å²) in [6.45, 7) is 7.19. The molecule has 1 saturated heterocycles. The lowest BCUT2D eigenvalue weighted by atomic mass is 9.95. The van der Waals surface area contributed by atoms with Gasteiger partial charge in [0.2, 0.25) is 5.91 Å². The third-order valence-corrected chi connectivity index (χ3v) is 5.11. The fraction of sp³-hybridized carbons (Fsp3) is 0.632. The molecular formula is C19H29N3O5. The Balaban J connectivity index is 2.20. The van der Waals surface area contributed by atoms with Crippen molar-refractivity contribution < 1.29 is 19.2 Å². The minimum atomic E-state index is -0.403. The lowest BCUT2D eigenvalue weighted by molar-refractivity contribution is -0.385. The molecule has 1 aromatic rings. The maximum atomic E-state index is 12.7. The van der Waals surface area contributed by atoms with E-state index in [0.717, 1.165) is 19.4 Å². The van der Waals surface area contributed by atoms with E-state index in [1.165, 1.54) is 20.3 Å².